The minimum Gasteiger partial charge on any atom is -0.389 e. The number of allylic oxidation sites excluding steroid dienone is 8. The Morgan fingerprint density at radius 2 is 1.87 bits per heavy atom. The number of thioether (sulfide) groups is 1. The van der Waals surface area contributed by atoms with Gasteiger partial charge in [0, 0.05) is 19.0 Å². The van der Waals surface area contributed by atoms with Crippen LogP contribution in [0.25, 0.3) is 6.08 Å². The molecule has 7 heteroatoms. The van der Waals surface area contributed by atoms with E-state index in [1.165, 1.54) is 18.1 Å². The number of aliphatic hydroxyl groups excluding tert-OH is 1. The summed E-state index contributed by atoms with van der Waals surface area (Å²) in [6.07, 6.45) is 12.2. The molecule has 1 rings (SSSR count). The van der Waals surface area contributed by atoms with Gasteiger partial charge in [-0.2, -0.15) is 0 Å². The third kappa shape index (κ3) is 8.15. The number of aliphatic hydroxyl groups is 1. The zero-order valence-electron chi connectivity index (χ0n) is 18.3. The van der Waals surface area contributed by atoms with E-state index in [1.807, 2.05) is 58.0 Å². The van der Waals surface area contributed by atoms with Crippen LogP contribution >= 0.6 is 35.0 Å². The molecule has 1 aromatic rings. The molecule has 30 heavy (non-hydrogen) atoms. The maximum Gasteiger partial charge on any atom is 0.139 e. The Kier molecular flexibility index (Phi) is 11.2. The number of nitrogens with zero attached hydrogens (tertiary/aromatic N) is 3. The van der Waals surface area contributed by atoms with E-state index in [0.717, 1.165) is 27.6 Å². The summed E-state index contributed by atoms with van der Waals surface area (Å²) in [5.41, 5.74) is 2.89. The van der Waals surface area contributed by atoms with Gasteiger partial charge >= 0.3 is 0 Å². The first-order valence-electron chi connectivity index (χ1n) is 9.40. The molecule has 0 saturated heterocycles. The van der Waals surface area contributed by atoms with E-state index in [0.29, 0.717) is 15.0 Å². The van der Waals surface area contributed by atoms with Gasteiger partial charge in [0.05, 0.1) is 21.7 Å². The molecule has 1 atom stereocenters. The molecular weight excluding hydrogens is 437 g/mol. The first kappa shape index (κ1) is 26.2. The van der Waals surface area contributed by atoms with Crippen LogP contribution in [0.3, 0.4) is 0 Å². The van der Waals surface area contributed by atoms with Crippen molar-refractivity contribution in [3.8, 4) is 0 Å². The van der Waals surface area contributed by atoms with E-state index in [-0.39, 0.29) is 0 Å². The van der Waals surface area contributed by atoms with Gasteiger partial charge in [0.15, 0.2) is 0 Å². The van der Waals surface area contributed by atoms with Crippen molar-refractivity contribution >= 4 is 46.9 Å². The SMILES string of the molecule is C=C(/C=C(Cl)\C(Cl)=C/C)Sc1ncnc(N(C)C)c1/C=C(C)/C(/C=C\C(C)O)=C/C. The maximum absolute atomic E-state index is 9.55. The molecule has 0 fully saturated rings. The van der Waals surface area contributed by atoms with Gasteiger partial charge in [-0.15, -0.1) is 0 Å². The zero-order valence-corrected chi connectivity index (χ0v) is 20.6. The fraction of sp³-hybridized carbons (Fsp3) is 0.304. The van der Waals surface area contributed by atoms with Gasteiger partial charge in [-0.1, -0.05) is 65.8 Å². The van der Waals surface area contributed by atoms with Crippen LogP contribution in [0, 0.1) is 0 Å². The lowest BCUT2D eigenvalue weighted by molar-refractivity contribution is 0.244. The van der Waals surface area contributed by atoms with E-state index in [9.17, 15) is 5.11 Å². The highest BCUT2D eigenvalue weighted by atomic mass is 35.5. The number of hydrogen-bond acceptors (Lipinski definition) is 5. The summed E-state index contributed by atoms with van der Waals surface area (Å²) in [5.74, 6) is 0.788. The molecule has 0 aliphatic heterocycles. The average Bonchev–Trinajstić information content (AvgIpc) is 2.68. The van der Waals surface area contributed by atoms with Crippen molar-refractivity contribution in [1.82, 2.24) is 9.97 Å². The van der Waals surface area contributed by atoms with Crippen molar-refractivity contribution in [1.29, 1.82) is 0 Å². The molecule has 1 heterocycles. The Morgan fingerprint density at radius 1 is 1.20 bits per heavy atom. The fourth-order valence-corrected chi connectivity index (χ4v) is 3.58. The lowest BCUT2D eigenvalue weighted by atomic mass is 10.0. The minimum absolute atomic E-state index is 0.422. The number of halogens is 2. The standard InChI is InChI=1S/C23H29Cl2N3OS/c1-8-18(11-10-16(4)29)15(3)12-19-22(28(6)7)26-14-27-23(19)30-17(5)13-21(25)20(24)9-2/h8-14,16,29H,5H2,1-4,6-7H3/b11-10-,15-12+,18-8+,20-9+,21-13+. The summed E-state index contributed by atoms with van der Waals surface area (Å²) in [4.78, 5) is 11.6. The monoisotopic (exact) mass is 465 g/mol. The van der Waals surface area contributed by atoms with Crippen molar-refractivity contribution < 1.29 is 5.11 Å². The van der Waals surface area contributed by atoms with Crippen LogP contribution in [-0.2, 0) is 0 Å². The van der Waals surface area contributed by atoms with Crippen LogP contribution in [0.4, 0.5) is 5.82 Å². The van der Waals surface area contributed by atoms with Crippen LogP contribution in [0.1, 0.15) is 33.3 Å². The molecule has 0 bridgehead atoms. The third-order valence-corrected chi connectivity index (χ3v) is 5.66. The lowest BCUT2D eigenvalue weighted by Gasteiger charge is -2.17. The summed E-state index contributed by atoms with van der Waals surface area (Å²) in [6.45, 7) is 11.6. The maximum atomic E-state index is 9.55. The Hall–Kier alpha value is -1.79. The van der Waals surface area contributed by atoms with E-state index < -0.39 is 6.10 Å². The molecule has 0 spiro atoms. The quantitative estimate of drug-likeness (QED) is 0.249. The first-order valence-corrected chi connectivity index (χ1v) is 11.0. The molecule has 0 aliphatic rings. The van der Waals surface area contributed by atoms with Crippen molar-refractivity contribution in [3.05, 3.63) is 75.0 Å². The van der Waals surface area contributed by atoms with Gasteiger partial charge in [-0.25, -0.2) is 9.97 Å². The Labute approximate surface area is 194 Å². The molecule has 162 valence electrons. The Bertz CT molecular complexity index is 913. The molecule has 1 unspecified atom stereocenters. The zero-order chi connectivity index (χ0) is 22.8. The van der Waals surface area contributed by atoms with Crippen LogP contribution in [0.15, 0.2) is 74.4 Å². The molecule has 4 nitrogen and oxygen atoms in total. The third-order valence-electron chi connectivity index (χ3n) is 3.93. The van der Waals surface area contributed by atoms with Crippen LogP contribution < -0.4 is 4.90 Å². The van der Waals surface area contributed by atoms with Gasteiger partial charge in [0.1, 0.15) is 17.2 Å². The van der Waals surface area contributed by atoms with Gasteiger partial charge in [0.2, 0.25) is 0 Å². The van der Waals surface area contributed by atoms with Crippen molar-refractivity contribution in [2.45, 2.75) is 38.8 Å². The predicted molar refractivity (Wildman–Crippen MR) is 133 cm³/mol. The number of aromatic nitrogens is 2. The largest absolute Gasteiger partial charge is 0.389 e. The second-order valence-corrected chi connectivity index (χ2v) is 8.61. The average molecular weight is 466 g/mol. The molecule has 0 amide bonds. The normalized spacial score (nSPS) is 15.0. The fourth-order valence-electron chi connectivity index (χ4n) is 2.43. The predicted octanol–water partition coefficient (Wildman–Crippen LogP) is 6.70. The first-order chi connectivity index (χ1) is 14.1. The van der Waals surface area contributed by atoms with Gasteiger partial charge in [0.25, 0.3) is 0 Å². The summed E-state index contributed by atoms with van der Waals surface area (Å²) >= 11 is 13.7. The van der Waals surface area contributed by atoms with Crippen molar-refractivity contribution in [2.24, 2.45) is 0 Å². The highest BCUT2D eigenvalue weighted by Crippen LogP contribution is 2.35. The van der Waals surface area contributed by atoms with Crippen molar-refractivity contribution in [2.75, 3.05) is 19.0 Å². The van der Waals surface area contributed by atoms with Crippen molar-refractivity contribution in [3.63, 3.8) is 0 Å². The highest BCUT2D eigenvalue weighted by Gasteiger charge is 2.14. The van der Waals surface area contributed by atoms with Crippen LogP contribution in [0.2, 0.25) is 0 Å². The molecule has 0 radical (unpaired) electrons. The minimum atomic E-state index is -0.514. The van der Waals surface area contributed by atoms with E-state index in [4.69, 9.17) is 23.2 Å². The summed E-state index contributed by atoms with van der Waals surface area (Å²) in [5, 5.41) is 11.2. The Morgan fingerprint density at radius 3 is 2.40 bits per heavy atom. The summed E-state index contributed by atoms with van der Waals surface area (Å²) < 4.78 is 0. The highest BCUT2D eigenvalue weighted by molar-refractivity contribution is 8.03. The Balaban J connectivity index is 3.42. The second-order valence-electron chi connectivity index (χ2n) is 6.68. The summed E-state index contributed by atoms with van der Waals surface area (Å²) in [6, 6.07) is 0. The number of rotatable bonds is 9. The number of anilines is 1. The second kappa shape index (κ2) is 12.8. The van der Waals surface area contributed by atoms with Crippen LogP contribution in [0.5, 0.6) is 0 Å². The molecule has 1 N–H and O–H groups in total. The molecular formula is C23H29Cl2N3OS. The van der Waals surface area contributed by atoms with Gasteiger partial charge < -0.3 is 10.0 Å². The molecule has 0 saturated carbocycles. The molecule has 1 aromatic heterocycles. The summed E-state index contributed by atoms with van der Waals surface area (Å²) in [7, 11) is 3.87. The molecule has 0 aliphatic carbocycles. The van der Waals surface area contributed by atoms with Crippen LogP contribution in [-0.4, -0.2) is 35.3 Å². The van der Waals surface area contributed by atoms with E-state index in [1.54, 1.807) is 25.2 Å². The lowest BCUT2D eigenvalue weighted by Crippen LogP contribution is -2.13. The van der Waals surface area contributed by atoms with E-state index >= 15 is 0 Å². The van der Waals surface area contributed by atoms with E-state index in [2.05, 4.69) is 16.5 Å². The molecule has 0 aromatic carbocycles. The number of hydrogen-bond donors (Lipinski definition) is 1. The van der Waals surface area contributed by atoms with Gasteiger partial charge in [-0.3, -0.25) is 0 Å². The van der Waals surface area contributed by atoms with Gasteiger partial charge in [-0.05, 0) is 51.0 Å². The smallest absolute Gasteiger partial charge is 0.139 e. The topological polar surface area (TPSA) is 49.2 Å².